The van der Waals surface area contributed by atoms with Gasteiger partial charge in [-0.1, -0.05) is 13.8 Å². The van der Waals surface area contributed by atoms with Crippen molar-refractivity contribution in [3.63, 3.8) is 0 Å². The molecular weight excluding hydrogens is 358 g/mol. The third kappa shape index (κ3) is 7.97. The molecule has 2 N–H and O–H groups in total. The van der Waals surface area contributed by atoms with Crippen LogP contribution in [-0.2, 0) is 9.53 Å². The summed E-state index contributed by atoms with van der Waals surface area (Å²) >= 11 is 0. The van der Waals surface area contributed by atoms with Crippen LogP contribution in [0, 0.1) is 17.2 Å². The molecule has 0 fully saturated rings. The van der Waals surface area contributed by atoms with E-state index in [1.807, 2.05) is 27.7 Å². The molecule has 1 aromatic rings. The summed E-state index contributed by atoms with van der Waals surface area (Å²) in [4.78, 5) is 24.4. The first-order valence-corrected chi connectivity index (χ1v) is 9.39. The number of carbonyl (C=O) groups is 2. The molecule has 0 aliphatic rings. The third-order valence-electron chi connectivity index (χ3n) is 4.03. The van der Waals surface area contributed by atoms with Crippen LogP contribution in [0.3, 0.4) is 0 Å². The largest absolute Gasteiger partial charge is 0.489 e. The van der Waals surface area contributed by atoms with Gasteiger partial charge < -0.3 is 9.47 Å². The summed E-state index contributed by atoms with van der Waals surface area (Å²) < 4.78 is 11.0. The second kappa shape index (κ2) is 10.1. The van der Waals surface area contributed by atoms with Crippen molar-refractivity contribution in [3.8, 4) is 11.8 Å². The van der Waals surface area contributed by atoms with Gasteiger partial charge in [0, 0.05) is 6.04 Å². The maximum atomic E-state index is 12.5. The van der Waals surface area contributed by atoms with E-state index >= 15 is 0 Å². The van der Waals surface area contributed by atoms with E-state index in [1.54, 1.807) is 45.0 Å². The van der Waals surface area contributed by atoms with Crippen LogP contribution in [-0.4, -0.2) is 35.8 Å². The molecular formula is C21H31N3O4. The summed E-state index contributed by atoms with van der Waals surface area (Å²) in [6.45, 7) is 12.8. The van der Waals surface area contributed by atoms with Crippen molar-refractivity contribution in [1.29, 1.82) is 5.26 Å². The van der Waals surface area contributed by atoms with Crippen molar-refractivity contribution in [3.05, 3.63) is 29.8 Å². The van der Waals surface area contributed by atoms with Crippen LogP contribution in [0.15, 0.2) is 24.3 Å². The lowest BCUT2D eigenvalue weighted by Crippen LogP contribution is -2.55. The lowest BCUT2D eigenvalue weighted by molar-refractivity contribution is -0.124. The Labute approximate surface area is 167 Å². The molecule has 0 aliphatic heterocycles. The van der Waals surface area contributed by atoms with E-state index in [-0.39, 0.29) is 18.1 Å². The number of benzene rings is 1. The van der Waals surface area contributed by atoms with E-state index in [4.69, 9.17) is 14.7 Å². The molecule has 28 heavy (non-hydrogen) atoms. The summed E-state index contributed by atoms with van der Waals surface area (Å²) in [6, 6.07) is 8.14. The van der Waals surface area contributed by atoms with Crippen LogP contribution in [0.25, 0.3) is 0 Å². The molecule has 2 amide bonds. The average molecular weight is 389 g/mol. The highest BCUT2D eigenvalue weighted by atomic mass is 16.6. The highest BCUT2D eigenvalue weighted by molar-refractivity contribution is 5.95. The number of carbonyl (C=O) groups excluding carboxylic acids is 2. The van der Waals surface area contributed by atoms with Gasteiger partial charge in [-0.05, 0) is 64.8 Å². The Morgan fingerprint density at radius 1 is 1.07 bits per heavy atom. The first-order valence-electron chi connectivity index (χ1n) is 9.39. The van der Waals surface area contributed by atoms with Crippen LogP contribution in [0.4, 0.5) is 4.79 Å². The summed E-state index contributed by atoms with van der Waals surface area (Å²) in [6.07, 6.45) is -1.01. The normalized spacial score (nSPS) is 14.5. The fourth-order valence-electron chi connectivity index (χ4n) is 2.40. The minimum absolute atomic E-state index is 0.0491. The number of amides is 2. The Balaban J connectivity index is 2.69. The molecule has 0 heterocycles. The van der Waals surface area contributed by atoms with Gasteiger partial charge in [0.25, 0.3) is 0 Å². The number of nitrogens with one attached hydrogen (secondary N) is 2. The molecule has 0 aromatic heterocycles. The number of imide groups is 1. The monoisotopic (exact) mass is 389 g/mol. The van der Waals surface area contributed by atoms with Crippen molar-refractivity contribution in [2.24, 2.45) is 5.92 Å². The summed E-state index contributed by atoms with van der Waals surface area (Å²) in [5.74, 6) is 0.146. The molecule has 0 radical (unpaired) electrons. The third-order valence-corrected chi connectivity index (χ3v) is 4.03. The Kier molecular flexibility index (Phi) is 8.45. The van der Waals surface area contributed by atoms with Gasteiger partial charge in [-0.3, -0.25) is 15.4 Å². The van der Waals surface area contributed by atoms with Gasteiger partial charge in [0.15, 0.2) is 0 Å². The molecule has 1 aromatic carbocycles. The molecule has 0 bridgehead atoms. The maximum Gasteiger partial charge on any atom is 0.414 e. The van der Waals surface area contributed by atoms with Crippen molar-refractivity contribution in [2.75, 3.05) is 0 Å². The SMILES string of the molecule is CC(N[C@H](C(=O)NC(=O)OC(C)(C)C)C(C)C)C(C)Oc1ccc(C#N)cc1. The minimum Gasteiger partial charge on any atom is -0.489 e. The van der Waals surface area contributed by atoms with Crippen molar-refractivity contribution >= 4 is 12.0 Å². The molecule has 0 aliphatic carbocycles. The second-order valence-electron chi connectivity index (χ2n) is 8.13. The summed E-state index contributed by atoms with van der Waals surface area (Å²) in [5, 5.41) is 14.4. The maximum absolute atomic E-state index is 12.5. The van der Waals surface area contributed by atoms with E-state index < -0.39 is 23.6 Å². The van der Waals surface area contributed by atoms with Gasteiger partial charge in [-0.2, -0.15) is 5.26 Å². The molecule has 7 nitrogen and oxygen atoms in total. The van der Waals surface area contributed by atoms with E-state index in [0.29, 0.717) is 11.3 Å². The number of rotatable bonds is 7. The zero-order valence-electron chi connectivity index (χ0n) is 17.7. The van der Waals surface area contributed by atoms with E-state index in [9.17, 15) is 9.59 Å². The van der Waals surface area contributed by atoms with Crippen molar-refractivity contribution in [1.82, 2.24) is 10.6 Å². The first kappa shape index (κ1) is 23.4. The number of nitriles is 1. The van der Waals surface area contributed by atoms with Gasteiger partial charge >= 0.3 is 6.09 Å². The molecule has 0 saturated carbocycles. The van der Waals surface area contributed by atoms with Crippen LogP contribution < -0.4 is 15.4 Å². The van der Waals surface area contributed by atoms with Crippen molar-refractivity contribution in [2.45, 2.75) is 72.3 Å². The minimum atomic E-state index is -0.764. The van der Waals surface area contributed by atoms with Crippen LogP contribution in [0.2, 0.25) is 0 Å². The van der Waals surface area contributed by atoms with Gasteiger partial charge in [-0.15, -0.1) is 0 Å². The van der Waals surface area contributed by atoms with E-state index in [1.165, 1.54) is 0 Å². The predicted molar refractivity (Wildman–Crippen MR) is 107 cm³/mol. The molecule has 154 valence electrons. The number of alkyl carbamates (subject to hydrolysis) is 1. The lowest BCUT2D eigenvalue weighted by Gasteiger charge is -2.29. The van der Waals surface area contributed by atoms with E-state index in [0.717, 1.165) is 0 Å². The average Bonchev–Trinajstić information content (AvgIpc) is 2.57. The topological polar surface area (TPSA) is 100 Å². The fraction of sp³-hybridized carbons (Fsp3) is 0.571. The Morgan fingerprint density at radius 2 is 1.64 bits per heavy atom. The van der Waals surface area contributed by atoms with Gasteiger partial charge in [-0.25, -0.2) is 4.79 Å². The van der Waals surface area contributed by atoms with Crippen LogP contribution in [0.1, 0.15) is 54.0 Å². The molecule has 0 spiro atoms. The second-order valence-corrected chi connectivity index (χ2v) is 8.13. The number of ether oxygens (including phenoxy) is 2. The highest BCUT2D eigenvalue weighted by Gasteiger charge is 2.29. The predicted octanol–water partition coefficient (Wildman–Crippen LogP) is 3.38. The van der Waals surface area contributed by atoms with E-state index in [2.05, 4.69) is 16.7 Å². The molecule has 2 unspecified atom stereocenters. The zero-order chi connectivity index (χ0) is 21.5. The number of nitrogens with zero attached hydrogens (tertiary/aromatic N) is 1. The molecule has 1 rings (SSSR count). The van der Waals surface area contributed by atoms with Gasteiger partial charge in [0.2, 0.25) is 5.91 Å². The number of hydrogen-bond acceptors (Lipinski definition) is 6. The highest BCUT2D eigenvalue weighted by Crippen LogP contribution is 2.15. The molecule has 3 atom stereocenters. The lowest BCUT2D eigenvalue weighted by atomic mass is 10.0. The molecule has 7 heteroatoms. The van der Waals surface area contributed by atoms with Crippen LogP contribution in [0.5, 0.6) is 5.75 Å². The molecule has 0 saturated heterocycles. The summed E-state index contributed by atoms with van der Waals surface area (Å²) in [5.41, 5.74) is -0.119. The van der Waals surface area contributed by atoms with Gasteiger partial charge in [0.05, 0.1) is 17.7 Å². The first-order chi connectivity index (χ1) is 12.9. The standard InChI is InChI=1S/C21H31N3O4/c1-13(2)18(19(25)24-20(26)28-21(5,6)7)23-14(3)15(4)27-17-10-8-16(12-22)9-11-17/h8-11,13-15,18,23H,1-7H3,(H,24,25,26)/t14?,15?,18-/m0/s1. The number of hydrogen-bond donors (Lipinski definition) is 2. The van der Waals surface area contributed by atoms with Crippen molar-refractivity contribution < 1.29 is 19.1 Å². The summed E-state index contributed by atoms with van der Waals surface area (Å²) in [7, 11) is 0. The smallest absolute Gasteiger partial charge is 0.414 e. The van der Waals surface area contributed by atoms with Crippen LogP contribution >= 0.6 is 0 Å². The Bertz CT molecular complexity index is 702. The Morgan fingerprint density at radius 3 is 2.11 bits per heavy atom. The zero-order valence-corrected chi connectivity index (χ0v) is 17.7. The quantitative estimate of drug-likeness (QED) is 0.741. The fourth-order valence-corrected chi connectivity index (χ4v) is 2.40. The Hall–Kier alpha value is -2.59. The van der Waals surface area contributed by atoms with Gasteiger partial charge in [0.1, 0.15) is 17.5 Å².